The molecule has 1 unspecified atom stereocenters. The summed E-state index contributed by atoms with van der Waals surface area (Å²) in [7, 11) is 3.25. The van der Waals surface area contributed by atoms with Crippen LogP contribution >= 0.6 is 0 Å². The van der Waals surface area contributed by atoms with Gasteiger partial charge in [-0.1, -0.05) is 24.3 Å². The van der Waals surface area contributed by atoms with Crippen LogP contribution in [0.25, 0.3) is 10.9 Å². The number of para-hydroxylation sites is 1. The van der Waals surface area contributed by atoms with Gasteiger partial charge in [0, 0.05) is 29.2 Å². The summed E-state index contributed by atoms with van der Waals surface area (Å²) in [6, 6.07) is 15.9. The van der Waals surface area contributed by atoms with Gasteiger partial charge in [-0.05, 0) is 30.2 Å². The van der Waals surface area contributed by atoms with Crippen molar-refractivity contribution in [1.29, 1.82) is 5.26 Å². The second-order valence-corrected chi connectivity index (χ2v) is 5.75. The number of nitrogens with zero attached hydrogens (tertiary/aromatic N) is 1. The van der Waals surface area contributed by atoms with E-state index in [0.29, 0.717) is 18.0 Å². The van der Waals surface area contributed by atoms with Gasteiger partial charge >= 0.3 is 0 Å². The van der Waals surface area contributed by atoms with Crippen molar-refractivity contribution in [3.8, 4) is 17.6 Å². The topological polar surface area (TPSA) is 70.1 Å². The van der Waals surface area contributed by atoms with Crippen molar-refractivity contribution >= 4 is 10.9 Å². The number of nitriles is 1. The normalized spacial score (nSPS) is 11.9. The van der Waals surface area contributed by atoms with Crippen LogP contribution in [0, 0.1) is 11.3 Å². The maximum atomic E-state index is 9.54. The molecule has 5 heteroatoms. The maximum Gasteiger partial charge on any atom is 0.160 e. The molecule has 1 atom stereocenters. The molecule has 1 aromatic heterocycles. The SMILES string of the molecule is COc1ccc(CCNC(C#N)c2c[nH]c3ccccc23)cc1OC. The molecule has 0 saturated heterocycles. The summed E-state index contributed by atoms with van der Waals surface area (Å²) in [6.45, 7) is 0.688. The van der Waals surface area contributed by atoms with Crippen molar-refractivity contribution in [2.45, 2.75) is 12.5 Å². The van der Waals surface area contributed by atoms with E-state index in [2.05, 4.69) is 16.4 Å². The van der Waals surface area contributed by atoms with Crippen LogP contribution in [0.1, 0.15) is 17.2 Å². The molecule has 0 amide bonds. The summed E-state index contributed by atoms with van der Waals surface area (Å²) in [5.41, 5.74) is 3.14. The highest BCUT2D eigenvalue weighted by atomic mass is 16.5. The van der Waals surface area contributed by atoms with E-state index in [9.17, 15) is 5.26 Å². The van der Waals surface area contributed by atoms with Crippen molar-refractivity contribution in [2.24, 2.45) is 0 Å². The van der Waals surface area contributed by atoms with Crippen molar-refractivity contribution in [3.05, 3.63) is 59.8 Å². The van der Waals surface area contributed by atoms with Crippen LogP contribution < -0.4 is 14.8 Å². The molecule has 25 heavy (non-hydrogen) atoms. The van der Waals surface area contributed by atoms with Gasteiger partial charge in [0.25, 0.3) is 0 Å². The number of hydrogen-bond donors (Lipinski definition) is 2. The van der Waals surface area contributed by atoms with E-state index in [1.54, 1.807) is 14.2 Å². The Bertz CT molecular complexity index is 895. The predicted molar refractivity (Wildman–Crippen MR) is 97.9 cm³/mol. The van der Waals surface area contributed by atoms with E-state index in [4.69, 9.17) is 9.47 Å². The van der Waals surface area contributed by atoms with E-state index in [0.717, 1.165) is 28.5 Å². The summed E-state index contributed by atoms with van der Waals surface area (Å²) in [5.74, 6) is 1.43. The first-order chi connectivity index (χ1) is 12.3. The number of H-pyrrole nitrogens is 1. The van der Waals surface area contributed by atoms with Crippen molar-refractivity contribution in [2.75, 3.05) is 20.8 Å². The summed E-state index contributed by atoms with van der Waals surface area (Å²) < 4.78 is 10.6. The van der Waals surface area contributed by atoms with Crippen LogP contribution in [0.15, 0.2) is 48.7 Å². The molecule has 0 fully saturated rings. The zero-order valence-corrected chi connectivity index (χ0v) is 14.4. The standard InChI is InChI=1S/C20H21N3O2/c1-24-19-8-7-14(11-20(19)25-2)9-10-22-18(12-21)16-13-23-17-6-4-3-5-15(16)17/h3-8,11,13,18,22-23H,9-10H2,1-2H3. The smallest absolute Gasteiger partial charge is 0.160 e. The maximum absolute atomic E-state index is 9.54. The Kier molecular flexibility index (Phi) is 5.22. The molecule has 0 spiro atoms. The lowest BCUT2D eigenvalue weighted by molar-refractivity contribution is 0.354. The third-order valence-corrected chi connectivity index (χ3v) is 4.27. The van der Waals surface area contributed by atoms with E-state index in [1.807, 2.05) is 48.7 Å². The molecule has 2 N–H and O–H groups in total. The van der Waals surface area contributed by atoms with Gasteiger partial charge in [0.05, 0.1) is 20.3 Å². The number of methoxy groups -OCH3 is 2. The largest absolute Gasteiger partial charge is 0.493 e. The highest BCUT2D eigenvalue weighted by Gasteiger charge is 2.14. The van der Waals surface area contributed by atoms with Gasteiger partial charge in [-0.25, -0.2) is 0 Å². The molecular weight excluding hydrogens is 314 g/mol. The Morgan fingerprint density at radius 3 is 2.68 bits per heavy atom. The highest BCUT2D eigenvalue weighted by molar-refractivity contribution is 5.83. The van der Waals surface area contributed by atoms with E-state index < -0.39 is 0 Å². The molecule has 0 aliphatic heterocycles. The van der Waals surface area contributed by atoms with Gasteiger partial charge in [0.1, 0.15) is 6.04 Å². The van der Waals surface area contributed by atoms with Crippen LogP contribution in [0.3, 0.4) is 0 Å². The van der Waals surface area contributed by atoms with Crippen LogP contribution in [0.4, 0.5) is 0 Å². The summed E-state index contributed by atoms with van der Waals surface area (Å²) in [4.78, 5) is 3.22. The number of aromatic amines is 1. The average molecular weight is 335 g/mol. The van der Waals surface area contributed by atoms with Gasteiger partial charge in [-0.3, -0.25) is 5.32 Å². The Balaban J connectivity index is 1.67. The number of aromatic nitrogens is 1. The van der Waals surface area contributed by atoms with E-state index in [-0.39, 0.29) is 6.04 Å². The minimum atomic E-state index is -0.351. The fourth-order valence-electron chi connectivity index (χ4n) is 2.95. The van der Waals surface area contributed by atoms with E-state index in [1.165, 1.54) is 0 Å². The van der Waals surface area contributed by atoms with Crippen molar-refractivity contribution < 1.29 is 9.47 Å². The van der Waals surface area contributed by atoms with Gasteiger partial charge in [-0.2, -0.15) is 5.26 Å². The number of nitrogens with one attached hydrogen (secondary N) is 2. The molecule has 0 saturated carbocycles. The number of hydrogen-bond acceptors (Lipinski definition) is 4. The van der Waals surface area contributed by atoms with Gasteiger partial charge in [-0.15, -0.1) is 0 Å². The first kappa shape index (κ1) is 16.9. The molecule has 0 radical (unpaired) electrons. The Morgan fingerprint density at radius 1 is 1.12 bits per heavy atom. The molecule has 128 valence electrons. The molecular formula is C20H21N3O2. The quantitative estimate of drug-likeness (QED) is 0.692. The molecule has 0 bridgehead atoms. The lowest BCUT2D eigenvalue weighted by atomic mass is 10.1. The van der Waals surface area contributed by atoms with Crippen LogP contribution in [0.5, 0.6) is 11.5 Å². The molecule has 0 aliphatic rings. The van der Waals surface area contributed by atoms with Crippen molar-refractivity contribution in [1.82, 2.24) is 10.3 Å². The number of fused-ring (bicyclic) bond motifs is 1. The third kappa shape index (κ3) is 3.59. The average Bonchev–Trinajstić information content (AvgIpc) is 3.09. The van der Waals surface area contributed by atoms with Crippen LogP contribution in [-0.2, 0) is 6.42 Å². The van der Waals surface area contributed by atoms with Crippen LogP contribution in [-0.4, -0.2) is 25.7 Å². The molecule has 2 aromatic carbocycles. The first-order valence-electron chi connectivity index (χ1n) is 8.16. The number of ether oxygens (including phenoxy) is 2. The highest BCUT2D eigenvalue weighted by Crippen LogP contribution is 2.28. The second kappa shape index (κ2) is 7.73. The zero-order valence-electron chi connectivity index (χ0n) is 14.4. The first-order valence-corrected chi connectivity index (χ1v) is 8.16. The predicted octanol–water partition coefficient (Wildman–Crippen LogP) is 3.58. The van der Waals surface area contributed by atoms with Crippen LogP contribution in [0.2, 0.25) is 0 Å². The second-order valence-electron chi connectivity index (χ2n) is 5.75. The van der Waals surface area contributed by atoms with Gasteiger partial charge in [0.15, 0.2) is 11.5 Å². The zero-order chi connectivity index (χ0) is 17.6. The minimum absolute atomic E-state index is 0.351. The summed E-state index contributed by atoms with van der Waals surface area (Å²) in [5, 5.41) is 13.9. The monoisotopic (exact) mass is 335 g/mol. The van der Waals surface area contributed by atoms with E-state index >= 15 is 0 Å². The molecule has 5 nitrogen and oxygen atoms in total. The lowest BCUT2D eigenvalue weighted by Crippen LogP contribution is -2.22. The molecule has 3 rings (SSSR count). The molecule has 1 heterocycles. The Labute approximate surface area is 147 Å². The Morgan fingerprint density at radius 2 is 1.92 bits per heavy atom. The number of benzene rings is 2. The third-order valence-electron chi connectivity index (χ3n) is 4.27. The minimum Gasteiger partial charge on any atom is -0.493 e. The summed E-state index contributed by atoms with van der Waals surface area (Å²) >= 11 is 0. The fourth-order valence-corrected chi connectivity index (χ4v) is 2.95. The lowest BCUT2D eigenvalue weighted by Gasteiger charge is -2.12. The van der Waals surface area contributed by atoms with Gasteiger partial charge < -0.3 is 14.5 Å². The fraction of sp³-hybridized carbons (Fsp3) is 0.250. The molecule has 3 aromatic rings. The number of rotatable bonds is 7. The summed E-state index contributed by atoms with van der Waals surface area (Å²) in [6.07, 6.45) is 2.70. The Hall–Kier alpha value is -2.97. The molecule has 0 aliphatic carbocycles. The van der Waals surface area contributed by atoms with Crippen molar-refractivity contribution in [3.63, 3.8) is 0 Å². The van der Waals surface area contributed by atoms with Gasteiger partial charge in [0.2, 0.25) is 0 Å².